The van der Waals surface area contributed by atoms with Gasteiger partial charge in [-0.15, -0.1) is 0 Å². The van der Waals surface area contributed by atoms with Gasteiger partial charge in [0.1, 0.15) is 0 Å². The van der Waals surface area contributed by atoms with Crippen molar-refractivity contribution in [3.05, 3.63) is 174 Å². The predicted octanol–water partition coefficient (Wildman–Crippen LogP) is 12.0. The van der Waals surface area contributed by atoms with Crippen LogP contribution in [0.1, 0.15) is 58.2 Å². The summed E-state index contributed by atoms with van der Waals surface area (Å²) in [6.45, 7) is 16.1. The van der Waals surface area contributed by atoms with Gasteiger partial charge in [0.15, 0.2) is 0 Å². The second-order valence-corrected chi connectivity index (χ2v) is 17.2. The van der Waals surface area contributed by atoms with Crippen molar-refractivity contribution in [1.82, 2.24) is 0 Å². The van der Waals surface area contributed by atoms with Gasteiger partial charge in [-0.25, -0.2) is 0 Å². The minimum atomic E-state index is 0.000514. The zero-order valence-corrected chi connectivity index (χ0v) is 32.5. The number of anilines is 6. The van der Waals surface area contributed by atoms with Crippen molar-refractivity contribution in [3.63, 3.8) is 0 Å². The Morgan fingerprint density at radius 2 is 0.815 bits per heavy atom. The molecule has 3 heteroatoms. The van der Waals surface area contributed by atoms with Crippen LogP contribution in [0.2, 0.25) is 0 Å². The Hall–Kier alpha value is -5.80. The lowest BCUT2D eigenvalue weighted by atomic mass is 9.33. The SMILES string of the molecule is Cc1cc2c3c(c1)N(c1ccc(C(C)(C)C)cc1)c1ccc(C(C)(C)C)cc1B3c1cc(-c3ccccc3)ccc1N2c1ccc(-c2ccccc2)cc1. The number of aryl methyl sites for hydroxylation is 1. The molecule has 264 valence electrons. The van der Waals surface area contributed by atoms with E-state index < -0.39 is 0 Å². The van der Waals surface area contributed by atoms with E-state index in [4.69, 9.17) is 0 Å². The van der Waals surface area contributed by atoms with E-state index in [9.17, 15) is 0 Å². The zero-order chi connectivity index (χ0) is 37.4. The molecule has 0 fully saturated rings. The molecule has 0 unspecified atom stereocenters. The molecule has 0 amide bonds. The Kier molecular flexibility index (Phi) is 7.97. The summed E-state index contributed by atoms with van der Waals surface area (Å²) in [5, 5.41) is 0. The molecule has 0 bridgehead atoms. The molecule has 7 aromatic rings. The van der Waals surface area contributed by atoms with Crippen LogP contribution >= 0.6 is 0 Å². The van der Waals surface area contributed by atoms with Gasteiger partial charge in [-0.1, -0.05) is 151 Å². The monoisotopic (exact) mass is 698 g/mol. The molecular formula is C51H47BN2. The molecule has 0 aromatic heterocycles. The predicted molar refractivity (Wildman–Crippen MR) is 233 cm³/mol. The van der Waals surface area contributed by atoms with E-state index in [0.29, 0.717) is 0 Å². The molecule has 0 aliphatic carbocycles. The Morgan fingerprint density at radius 1 is 0.389 bits per heavy atom. The van der Waals surface area contributed by atoms with Crippen LogP contribution in [0, 0.1) is 6.92 Å². The van der Waals surface area contributed by atoms with Gasteiger partial charge in [0.05, 0.1) is 0 Å². The number of benzene rings is 7. The molecular weight excluding hydrogens is 651 g/mol. The first kappa shape index (κ1) is 34.0. The highest BCUT2D eigenvalue weighted by Crippen LogP contribution is 2.46. The highest BCUT2D eigenvalue weighted by Gasteiger charge is 2.44. The van der Waals surface area contributed by atoms with Gasteiger partial charge < -0.3 is 9.80 Å². The number of hydrogen-bond acceptors (Lipinski definition) is 2. The minimum absolute atomic E-state index is 0.000514. The van der Waals surface area contributed by atoms with Gasteiger partial charge in [-0.05, 0) is 122 Å². The summed E-state index contributed by atoms with van der Waals surface area (Å²) in [6, 6.07) is 59.1. The Morgan fingerprint density at radius 3 is 1.35 bits per heavy atom. The summed E-state index contributed by atoms with van der Waals surface area (Å²) in [7, 11) is 0. The summed E-state index contributed by atoms with van der Waals surface area (Å²) in [6.07, 6.45) is 0. The lowest BCUT2D eigenvalue weighted by Crippen LogP contribution is -2.61. The largest absolute Gasteiger partial charge is 0.311 e. The van der Waals surface area contributed by atoms with Gasteiger partial charge in [-0.2, -0.15) is 0 Å². The van der Waals surface area contributed by atoms with E-state index in [1.54, 1.807) is 0 Å². The van der Waals surface area contributed by atoms with Gasteiger partial charge >= 0.3 is 0 Å². The molecule has 7 aromatic carbocycles. The standard InChI is InChI=1S/C51H47BN2/c1-34-30-47-49-48(31-34)54(42-26-21-39(22-27-42)50(2,3)4)46-29-23-40(51(5,6)7)33-44(46)52(49)43-32-38(36-16-12-9-13-17-36)20-28-45(43)53(47)41-24-18-37(19-25-41)35-14-10-8-11-15-35/h8-33H,1-7H3. The van der Waals surface area contributed by atoms with Gasteiger partial charge in [-0.3, -0.25) is 0 Å². The summed E-state index contributed by atoms with van der Waals surface area (Å²) in [5.41, 5.74) is 20.2. The number of rotatable bonds is 4. The van der Waals surface area contributed by atoms with Crippen LogP contribution in [0.3, 0.4) is 0 Å². The Balaban J connectivity index is 1.33. The molecule has 54 heavy (non-hydrogen) atoms. The molecule has 2 heterocycles. The quantitative estimate of drug-likeness (QED) is 0.169. The van der Waals surface area contributed by atoms with Crippen molar-refractivity contribution in [2.75, 3.05) is 9.80 Å². The van der Waals surface area contributed by atoms with Crippen molar-refractivity contribution in [2.24, 2.45) is 0 Å². The number of hydrogen-bond donors (Lipinski definition) is 0. The third-order valence-electron chi connectivity index (χ3n) is 11.4. The van der Waals surface area contributed by atoms with E-state index in [2.05, 4.69) is 216 Å². The fraction of sp³-hybridized carbons (Fsp3) is 0.176. The molecule has 0 saturated carbocycles. The summed E-state index contributed by atoms with van der Waals surface area (Å²) < 4.78 is 0. The molecule has 2 aliphatic rings. The zero-order valence-electron chi connectivity index (χ0n) is 32.5. The summed E-state index contributed by atoms with van der Waals surface area (Å²) in [5.74, 6) is 0. The maximum atomic E-state index is 2.53. The van der Waals surface area contributed by atoms with Gasteiger partial charge in [0, 0.05) is 34.1 Å². The van der Waals surface area contributed by atoms with Crippen molar-refractivity contribution in [1.29, 1.82) is 0 Å². The Labute approximate surface area is 321 Å². The minimum Gasteiger partial charge on any atom is -0.311 e. The van der Waals surface area contributed by atoms with Crippen LogP contribution < -0.4 is 26.2 Å². The Bertz CT molecular complexity index is 2500. The maximum Gasteiger partial charge on any atom is 0.252 e. The highest BCUT2D eigenvalue weighted by atomic mass is 15.2. The molecule has 0 saturated heterocycles. The number of nitrogens with zero attached hydrogens (tertiary/aromatic N) is 2. The maximum absolute atomic E-state index is 2.53. The normalized spacial score (nSPS) is 13.4. The van der Waals surface area contributed by atoms with Gasteiger partial charge in [0.25, 0.3) is 6.71 Å². The highest BCUT2D eigenvalue weighted by molar-refractivity contribution is 7.00. The first-order chi connectivity index (χ1) is 26.0. The van der Waals surface area contributed by atoms with Crippen LogP contribution in [0.4, 0.5) is 34.1 Å². The fourth-order valence-corrected chi connectivity index (χ4v) is 8.52. The van der Waals surface area contributed by atoms with Crippen molar-refractivity contribution in [2.45, 2.75) is 59.3 Å². The summed E-state index contributed by atoms with van der Waals surface area (Å²) in [4.78, 5) is 5.04. The summed E-state index contributed by atoms with van der Waals surface area (Å²) >= 11 is 0. The fourth-order valence-electron chi connectivity index (χ4n) is 8.52. The van der Waals surface area contributed by atoms with Crippen molar-refractivity contribution >= 4 is 57.2 Å². The van der Waals surface area contributed by atoms with Crippen LogP contribution in [-0.4, -0.2) is 6.71 Å². The van der Waals surface area contributed by atoms with Gasteiger partial charge in [0.2, 0.25) is 0 Å². The molecule has 0 spiro atoms. The molecule has 0 N–H and O–H groups in total. The average molecular weight is 699 g/mol. The topological polar surface area (TPSA) is 6.48 Å². The second-order valence-electron chi connectivity index (χ2n) is 17.2. The van der Waals surface area contributed by atoms with Crippen LogP contribution in [0.25, 0.3) is 22.3 Å². The van der Waals surface area contributed by atoms with E-state index in [0.717, 1.165) is 5.69 Å². The van der Waals surface area contributed by atoms with Crippen LogP contribution in [0.5, 0.6) is 0 Å². The van der Waals surface area contributed by atoms with Crippen molar-refractivity contribution in [3.8, 4) is 22.3 Å². The first-order valence-electron chi connectivity index (χ1n) is 19.3. The first-order valence-corrected chi connectivity index (χ1v) is 19.3. The lowest BCUT2D eigenvalue weighted by Gasteiger charge is -2.45. The van der Waals surface area contributed by atoms with E-state index in [-0.39, 0.29) is 17.5 Å². The van der Waals surface area contributed by atoms with Crippen molar-refractivity contribution < 1.29 is 0 Å². The lowest BCUT2D eigenvalue weighted by molar-refractivity contribution is 0.590. The third kappa shape index (κ3) is 5.74. The molecule has 0 radical (unpaired) electrons. The van der Waals surface area contributed by atoms with E-state index in [1.165, 1.54) is 83.8 Å². The molecule has 9 rings (SSSR count). The smallest absolute Gasteiger partial charge is 0.252 e. The molecule has 2 aliphatic heterocycles. The second kappa shape index (κ2) is 12.7. The van der Waals surface area contributed by atoms with E-state index in [1.807, 2.05) is 0 Å². The van der Waals surface area contributed by atoms with Crippen LogP contribution in [0.15, 0.2) is 158 Å². The third-order valence-corrected chi connectivity index (χ3v) is 11.4. The van der Waals surface area contributed by atoms with Crippen LogP contribution in [-0.2, 0) is 10.8 Å². The van der Waals surface area contributed by atoms with E-state index >= 15 is 0 Å². The molecule has 2 nitrogen and oxygen atoms in total. The molecule has 0 atom stereocenters. The number of fused-ring (bicyclic) bond motifs is 4. The average Bonchev–Trinajstić information content (AvgIpc) is 3.17.